The third-order valence-corrected chi connectivity index (χ3v) is 9.89. The first-order chi connectivity index (χ1) is 26.0. The predicted molar refractivity (Wildman–Crippen MR) is 213 cm³/mol. The van der Waals surface area contributed by atoms with Gasteiger partial charge in [0.25, 0.3) is 0 Å². The summed E-state index contributed by atoms with van der Waals surface area (Å²) in [6.07, 6.45) is 0. The Balaban J connectivity index is 1.48. The number of nitrogens with zero attached hydrogens (tertiary/aromatic N) is 2. The van der Waals surface area contributed by atoms with Gasteiger partial charge in [-0.2, -0.15) is 0 Å². The van der Waals surface area contributed by atoms with Crippen molar-refractivity contribution >= 4 is 44.7 Å². The first-order valence-electron chi connectivity index (χ1n) is 17.5. The molecule has 0 aliphatic carbocycles. The van der Waals surface area contributed by atoms with E-state index in [0.29, 0.717) is 66.7 Å². The molecule has 2 N–H and O–H groups in total. The van der Waals surface area contributed by atoms with Crippen molar-refractivity contribution in [3.05, 3.63) is 178 Å². The fraction of sp³-hybridized carbons (Fsp3) is 0.130. The molecule has 8 nitrogen and oxygen atoms in total. The molecule has 0 saturated heterocycles. The highest BCUT2D eigenvalue weighted by molar-refractivity contribution is 6.20. The van der Waals surface area contributed by atoms with E-state index in [4.69, 9.17) is 8.83 Å². The molecule has 270 valence electrons. The Hall–Kier alpha value is -6.80. The number of phenols is 2. The highest BCUT2D eigenvalue weighted by atomic mass is 16.3. The van der Waals surface area contributed by atoms with Gasteiger partial charge < -0.3 is 28.8 Å². The molecule has 0 aliphatic heterocycles. The van der Waals surface area contributed by atoms with Crippen LogP contribution in [0.15, 0.2) is 142 Å². The van der Waals surface area contributed by atoms with Crippen LogP contribution in [0.25, 0.3) is 33.1 Å². The maximum absolute atomic E-state index is 14.3. The van der Waals surface area contributed by atoms with Crippen molar-refractivity contribution in [1.82, 2.24) is 9.80 Å². The van der Waals surface area contributed by atoms with E-state index in [1.807, 2.05) is 100 Å². The maximum atomic E-state index is 14.3. The highest BCUT2D eigenvalue weighted by Crippen LogP contribution is 2.46. The molecule has 0 aliphatic rings. The summed E-state index contributed by atoms with van der Waals surface area (Å²) in [6, 6.07) is 35.5. The molecule has 0 unspecified atom stereocenters. The zero-order chi connectivity index (χ0) is 38.3. The third kappa shape index (κ3) is 6.21. The molecule has 2 aromatic heterocycles. The first kappa shape index (κ1) is 35.6. The lowest BCUT2D eigenvalue weighted by Gasteiger charge is -2.22. The van der Waals surface area contributed by atoms with E-state index in [1.54, 1.807) is 60.7 Å². The number of phenolic OH excluding ortho intramolecular Hbond substituents is 2. The summed E-state index contributed by atoms with van der Waals surface area (Å²) in [6.45, 7) is 3.72. The number of hydrogen-bond acceptors (Lipinski definition) is 8. The number of furan rings is 2. The second-order valence-electron chi connectivity index (χ2n) is 13.6. The number of hydrogen-bond donors (Lipinski definition) is 2. The molecule has 0 radical (unpaired) electrons. The third-order valence-electron chi connectivity index (χ3n) is 9.89. The van der Waals surface area contributed by atoms with Crippen LogP contribution < -0.4 is 0 Å². The van der Waals surface area contributed by atoms with E-state index in [-0.39, 0.29) is 45.7 Å². The lowest BCUT2D eigenvalue weighted by Crippen LogP contribution is -2.14. The van der Waals surface area contributed by atoms with Gasteiger partial charge in [-0.1, -0.05) is 97.1 Å². The van der Waals surface area contributed by atoms with Gasteiger partial charge in [-0.05, 0) is 38.1 Å². The number of carbonyl (C=O) groups is 2. The van der Waals surface area contributed by atoms with Crippen molar-refractivity contribution in [2.24, 2.45) is 0 Å². The lowest BCUT2D eigenvalue weighted by molar-refractivity contribution is 0.103. The van der Waals surface area contributed by atoms with Gasteiger partial charge in [0.2, 0.25) is 0 Å². The summed E-state index contributed by atoms with van der Waals surface area (Å²) in [5, 5.41) is 25.4. The van der Waals surface area contributed by atoms with E-state index < -0.39 is 0 Å². The quantitative estimate of drug-likeness (QED) is 0.106. The number of rotatable bonds is 10. The van der Waals surface area contributed by atoms with Crippen LogP contribution in [0.5, 0.6) is 11.5 Å². The van der Waals surface area contributed by atoms with Gasteiger partial charge in [-0.15, -0.1) is 0 Å². The molecule has 0 amide bonds. The van der Waals surface area contributed by atoms with Gasteiger partial charge in [0.1, 0.15) is 34.2 Å². The van der Waals surface area contributed by atoms with E-state index in [9.17, 15) is 19.8 Å². The molecule has 0 bridgehead atoms. The smallest absolute Gasteiger partial charge is 0.197 e. The van der Waals surface area contributed by atoms with Gasteiger partial charge >= 0.3 is 0 Å². The second kappa shape index (κ2) is 14.3. The molecule has 0 saturated carbocycles. The Kier molecular flexibility index (Phi) is 9.44. The van der Waals surface area contributed by atoms with Crippen LogP contribution in [0, 0.1) is 0 Å². The Labute approximate surface area is 313 Å². The van der Waals surface area contributed by atoms with Gasteiger partial charge in [0.05, 0.1) is 11.1 Å². The molecule has 8 heteroatoms. The molecule has 0 fully saturated rings. The Morgan fingerprint density at radius 3 is 1.19 bits per heavy atom. The number of carbonyl (C=O) groups excluding carboxylic acids is 2. The van der Waals surface area contributed by atoms with E-state index in [0.717, 1.165) is 0 Å². The van der Waals surface area contributed by atoms with Crippen molar-refractivity contribution in [1.29, 1.82) is 0 Å². The zero-order valence-corrected chi connectivity index (χ0v) is 31.0. The summed E-state index contributed by atoms with van der Waals surface area (Å²) < 4.78 is 13.0. The largest absolute Gasteiger partial charge is 0.507 e. The predicted octanol–water partition coefficient (Wildman–Crippen LogP) is 9.73. The summed E-state index contributed by atoms with van der Waals surface area (Å²) in [4.78, 5) is 32.3. The average molecular weight is 717 g/mol. The fourth-order valence-electron chi connectivity index (χ4n) is 6.75. The Bertz CT molecular complexity index is 2440. The van der Waals surface area contributed by atoms with Crippen molar-refractivity contribution in [2.45, 2.75) is 13.8 Å². The van der Waals surface area contributed by atoms with E-state index in [1.165, 1.54) is 12.1 Å². The van der Waals surface area contributed by atoms with Crippen LogP contribution in [-0.2, 0) is 0 Å². The summed E-state index contributed by atoms with van der Waals surface area (Å²) in [5.41, 5.74) is 5.34. The minimum atomic E-state index is -0.243. The molecule has 54 heavy (non-hydrogen) atoms. The molecule has 7 rings (SSSR count). The molecule has 0 atom stereocenters. The number of allylic oxidation sites excluding steroid dienone is 2. The first-order valence-corrected chi connectivity index (χ1v) is 17.5. The van der Waals surface area contributed by atoms with Crippen LogP contribution in [0.1, 0.15) is 68.3 Å². The lowest BCUT2D eigenvalue weighted by atomic mass is 9.89. The van der Waals surface area contributed by atoms with Crippen LogP contribution in [-0.4, -0.2) is 59.8 Å². The van der Waals surface area contributed by atoms with E-state index in [2.05, 4.69) is 0 Å². The standard InChI is InChI=1S/C46H40N2O6/c1-27(47(3)4)39(45-41(31-21-13-15-23-37(31)53-45)43(51)29-17-9-7-10-18-29)33-25-36(50)34(26-35(33)49)40(28(2)48(5)6)46-42(32-22-14-16-24-38(32)54-46)44(52)30-19-11-8-12-20-30/h7-26,49-50H,1-6H3/b39-27+,40-28+. The van der Waals surface area contributed by atoms with Crippen LogP contribution in [0.2, 0.25) is 0 Å². The molecular formula is C46H40N2O6. The van der Waals surface area contributed by atoms with E-state index >= 15 is 0 Å². The van der Waals surface area contributed by atoms with Crippen molar-refractivity contribution in [2.75, 3.05) is 28.2 Å². The van der Waals surface area contributed by atoms with Crippen LogP contribution in [0.3, 0.4) is 0 Å². The Morgan fingerprint density at radius 1 is 0.500 bits per heavy atom. The summed E-state index contributed by atoms with van der Waals surface area (Å²) in [7, 11) is 7.43. The highest BCUT2D eigenvalue weighted by Gasteiger charge is 2.32. The fourth-order valence-corrected chi connectivity index (χ4v) is 6.75. The second-order valence-corrected chi connectivity index (χ2v) is 13.6. The SMILES string of the molecule is C/C(=C(/c1cc(O)c(/C(=C(/C)N(C)C)c2oc3ccccc3c2C(=O)c2ccccc2)cc1O)c1oc2ccccc2c1C(=O)c1ccccc1)N(C)C. The number of para-hydroxylation sites is 2. The van der Waals surface area contributed by atoms with Crippen LogP contribution >= 0.6 is 0 Å². The Morgan fingerprint density at radius 2 is 0.833 bits per heavy atom. The number of ketones is 2. The minimum Gasteiger partial charge on any atom is -0.507 e. The van der Waals surface area contributed by atoms with Gasteiger partial charge in [-0.3, -0.25) is 9.59 Å². The topological polar surface area (TPSA) is 107 Å². The number of fused-ring (bicyclic) bond motifs is 2. The normalized spacial score (nSPS) is 12.4. The maximum Gasteiger partial charge on any atom is 0.197 e. The molecule has 0 spiro atoms. The number of aromatic hydroxyl groups is 2. The van der Waals surface area contributed by atoms with Crippen molar-refractivity contribution < 1.29 is 28.6 Å². The summed E-state index contributed by atoms with van der Waals surface area (Å²) in [5.74, 6) is -0.346. The molecule has 2 heterocycles. The molecule has 7 aromatic rings. The number of benzene rings is 5. The van der Waals surface area contributed by atoms with Gasteiger partial charge in [-0.25, -0.2) is 0 Å². The zero-order valence-electron chi connectivity index (χ0n) is 31.0. The van der Waals surface area contributed by atoms with Gasteiger partial charge in [0.15, 0.2) is 11.6 Å². The van der Waals surface area contributed by atoms with Gasteiger partial charge in [0, 0.05) is 83.8 Å². The molecule has 5 aromatic carbocycles. The monoisotopic (exact) mass is 716 g/mol. The average Bonchev–Trinajstić information content (AvgIpc) is 3.75. The van der Waals surface area contributed by atoms with Crippen molar-refractivity contribution in [3.63, 3.8) is 0 Å². The minimum absolute atomic E-state index is 0.186. The van der Waals surface area contributed by atoms with Crippen molar-refractivity contribution in [3.8, 4) is 11.5 Å². The summed E-state index contributed by atoms with van der Waals surface area (Å²) >= 11 is 0. The molecular weight excluding hydrogens is 677 g/mol. The van der Waals surface area contributed by atoms with Crippen LogP contribution in [0.4, 0.5) is 0 Å².